The van der Waals surface area contributed by atoms with Crippen molar-refractivity contribution in [1.29, 1.82) is 0 Å². The van der Waals surface area contributed by atoms with E-state index in [0.29, 0.717) is 0 Å². The van der Waals surface area contributed by atoms with Crippen LogP contribution in [0.1, 0.15) is 22.7 Å². The molecule has 1 atom stereocenters. The molecule has 0 radical (unpaired) electrons. The maximum atomic E-state index is 13.0. The minimum Gasteiger partial charge on any atom is -0.324 e. The van der Waals surface area contributed by atoms with Crippen LogP contribution in [0.5, 0.6) is 0 Å². The van der Waals surface area contributed by atoms with Crippen LogP contribution < -0.4 is 5.73 Å². The van der Waals surface area contributed by atoms with Gasteiger partial charge in [0.15, 0.2) is 0 Å². The maximum Gasteiger partial charge on any atom is 0.123 e. The minimum atomic E-state index is -0.195. The molecular formula is C15H16FN. The van der Waals surface area contributed by atoms with Gasteiger partial charge < -0.3 is 5.73 Å². The van der Waals surface area contributed by atoms with Crippen molar-refractivity contribution in [2.24, 2.45) is 5.73 Å². The molecule has 2 heteroatoms. The SMILES string of the molecule is Cc1cc(F)ccc1CC(N)c1ccccc1. The average molecular weight is 229 g/mol. The quantitative estimate of drug-likeness (QED) is 0.858. The Balaban J connectivity index is 2.16. The van der Waals surface area contributed by atoms with Crippen LogP contribution in [0.2, 0.25) is 0 Å². The molecule has 0 bridgehead atoms. The van der Waals surface area contributed by atoms with Gasteiger partial charge in [0, 0.05) is 6.04 Å². The zero-order chi connectivity index (χ0) is 12.3. The highest BCUT2D eigenvalue weighted by Crippen LogP contribution is 2.18. The molecule has 2 aromatic carbocycles. The molecule has 1 unspecified atom stereocenters. The van der Waals surface area contributed by atoms with Crippen molar-refractivity contribution in [3.8, 4) is 0 Å². The molecule has 0 aliphatic rings. The Morgan fingerprint density at radius 1 is 1.12 bits per heavy atom. The zero-order valence-electron chi connectivity index (χ0n) is 9.86. The molecule has 0 heterocycles. The summed E-state index contributed by atoms with van der Waals surface area (Å²) in [5.41, 5.74) is 9.30. The van der Waals surface area contributed by atoms with E-state index in [-0.39, 0.29) is 11.9 Å². The van der Waals surface area contributed by atoms with Crippen molar-refractivity contribution < 1.29 is 4.39 Å². The molecule has 0 aliphatic carbocycles. The van der Waals surface area contributed by atoms with E-state index in [1.165, 1.54) is 6.07 Å². The molecular weight excluding hydrogens is 213 g/mol. The number of hydrogen-bond acceptors (Lipinski definition) is 1. The fourth-order valence-corrected chi connectivity index (χ4v) is 1.94. The van der Waals surface area contributed by atoms with Crippen molar-refractivity contribution in [2.75, 3.05) is 0 Å². The Hall–Kier alpha value is -1.67. The van der Waals surface area contributed by atoms with Gasteiger partial charge in [-0.15, -0.1) is 0 Å². The molecule has 0 saturated carbocycles. The normalized spacial score (nSPS) is 12.4. The van der Waals surface area contributed by atoms with Crippen molar-refractivity contribution in [3.63, 3.8) is 0 Å². The van der Waals surface area contributed by atoms with Gasteiger partial charge in [-0.1, -0.05) is 36.4 Å². The van der Waals surface area contributed by atoms with E-state index in [0.717, 1.165) is 23.1 Å². The third-order valence-electron chi connectivity index (χ3n) is 2.97. The Morgan fingerprint density at radius 3 is 2.47 bits per heavy atom. The molecule has 2 aromatic rings. The van der Waals surface area contributed by atoms with E-state index in [4.69, 9.17) is 5.73 Å². The molecule has 0 aliphatic heterocycles. The average Bonchev–Trinajstić information content (AvgIpc) is 2.34. The summed E-state index contributed by atoms with van der Waals surface area (Å²) in [6.45, 7) is 1.91. The first-order chi connectivity index (χ1) is 8.16. The van der Waals surface area contributed by atoms with Gasteiger partial charge in [0.2, 0.25) is 0 Å². The van der Waals surface area contributed by atoms with Gasteiger partial charge in [0.25, 0.3) is 0 Å². The van der Waals surface area contributed by atoms with Gasteiger partial charge in [0.1, 0.15) is 5.82 Å². The molecule has 1 nitrogen and oxygen atoms in total. The minimum absolute atomic E-state index is 0.0413. The lowest BCUT2D eigenvalue weighted by Gasteiger charge is -2.13. The molecule has 0 amide bonds. The highest BCUT2D eigenvalue weighted by atomic mass is 19.1. The van der Waals surface area contributed by atoms with E-state index in [1.54, 1.807) is 6.07 Å². The fraction of sp³-hybridized carbons (Fsp3) is 0.200. The largest absolute Gasteiger partial charge is 0.324 e. The Morgan fingerprint density at radius 2 is 1.82 bits per heavy atom. The monoisotopic (exact) mass is 229 g/mol. The molecule has 0 saturated heterocycles. The Kier molecular flexibility index (Phi) is 3.55. The Labute approximate surface area is 101 Å². The van der Waals surface area contributed by atoms with Crippen LogP contribution in [-0.4, -0.2) is 0 Å². The molecule has 88 valence electrons. The van der Waals surface area contributed by atoms with Crippen molar-refractivity contribution in [1.82, 2.24) is 0 Å². The van der Waals surface area contributed by atoms with Gasteiger partial charge in [-0.2, -0.15) is 0 Å². The molecule has 17 heavy (non-hydrogen) atoms. The third-order valence-corrected chi connectivity index (χ3v) is 2.97. The second-order valence-corrected chi connectivity index (χ2v) is 4.29. The first-order valence-corrected chi connectivity index (χ1v) is 5.72. The number of benzene rings is 2. The summed E-state index contributed by atoms with van der Waals surface area (Å²) in [6.07, 6.45) is 0.732. The van der Waals surface area contributed by atoms with Gasteiger partial charge in [0.05, 0.1) is 0 Å². The van der Waals surface area contributed by atoms with E-state index >= 15 is 0 Å². The van der Waals surface area contributed by atoms with Crippen LogP contribution in [0.25, 0.3) is 0 Å². The topological polar surface area (TPSA) is 26.0 Å². The Bertz CT molecular complexity index is 494. The van der Waals surface area contributed by atoms with Crippen LogP contribution in [0.3, 0.4) is 0 Å². The molecule has 0 aromatic heterocycles. The van der Waals surface area contributed by atoms with E-state index in [1.807, 2.05) is 43.3 Å². The predicted molar refractivity (Wildman–Crippen MR) is 68.2 cm³/mol. The van der Waals surface area contributed by atoms with Gasteiger partial charge in [-0.05, 0) is 42.2 Å². The predicted octanol–water partition coefficient (Wildman–Crippen LogP) is 3.38. The van der Waals surface area contributed by atoms with Crippen LogP contribution in [0.15, 0.2) is 48.5 Å². The summed E-state index contributed by atoms with van der Waals surface area (Å²) in [7, 11) is 0. The van der Waals surface area contributed by atoms with Crippen LogP contribution in [-0.2, 0) is 6.42 Å². The zero-order valence-corrected chi connectivity index (χ0v) is 9.86. The number of rotatable bonds is 3. The van der Waals surface area contributed by atoms with E-state index < -0.39 is 0 Å². The highest BCUT2D eigenvalue weighted by Gasteiger charge is 2.08. The van der Waals surface area contributed by atoms with Crippen molar-refractivity contribution in [3.05, 3.63) is 71.0 Å². The van der Waals surface area contributed by atoms with Gasteiger partial charge in [-0.3, -0.25) is 0 Å². The third kappa shape index (κ3) is 2.92. The summed E-state index contributed by atoms with van der Waals surface area (Å²) < 4.78 is 13.0. The lowest BCUT2D eigenvalue weighted by molar-refractivity contribution is 0.624. The maximum absolute atomic E-state index is 13.0. The second-order valence-electron chi connectivity index (χ2n) is 4.29. The smallest absolute Gasteiger partial charge is 0.123 e. The van der Waals surface area contributed by atoms with Gasteiger partial charge in [-0.25, -0.2) is 4.39 Å². The summed E-state index contributed by atoms with van der Waals surface area (Å²) in [5.74, 6) is -0.195. The lowest BCUT2D eigenvalue weighted by atomic mass is 9.97. The van der Waals surface area contributed by atoms with Crippen LogP contribution in [0, 0.1) is 12.7 Å². The first kappa shape index (κ1) is 11.8. The van der Waals surface area contributed by atoms with Gasteiger partial charge >= 0.3 is 0 Å². The number of hydrogen-bond donors (Lipinski definition) is 1. The second kappa shape index (κ2) is 5.11. The first-order valence-electron chi connectivity index (χ1n) is 5.72. The number of nitrogens with two attached hydrogens (primary N) is 1. The van der Waals surface area contributed by atoms with Crippen molar-refractivity contribution in [2.45, 2.75) is 19.4 Å². The standard InChI is InChI=1S/C15H16FN/c1-11-9-14(16)8-7-13(11)10-15(17)12-5-3-2-4-6-12/h2-9,15H,10,17H2,1H3. The molecule has 2 N–H and O–H groups in total. The van der Waals surface area contributed by atoms with Crippen LogP contribution >= 0.6 is 0 Å². The fourth-order valence-electron chi connectivity index (χ4n) is 1.94. The summed E-state index contributed by atoms with van der Waals surface area (Å²) in [6, 6.07) is 14.8. The van der Waals surface area contributed by atoms with Crippen molar-refractivity contribution >= 4 is 0 Å². The molecule has 0 fully saturated rings. The number of halogens is 1. The van der Waals surface area contributed by atoms with E-state index in [2.05, 4.69) is 0 Å². The van der Waals surface area contributed by atoms with Crippen LogP contribution in [0.4, 0.5) is 4.39 Å². The molecule has 0 spiro atoms. The molecule has 2 rings (SSSR count). The summed E-state index contributed by atoms with van der Waals surface area (Å²) in [4.78, 5) is 0. The lowest BCUT2D eigenvalue weighted by Crippen LogP contribution is -2.13. The summed E-state index contributed by atoms with van der Waals surface area (Å²) >= 11 is 0. The summed E-state index contributed by atoms with van der Waals surface area (Å²) in [5, 5.41) is 0. The van der Waals surface area contributed by atoms with E-state index in [9.17, 15) is 4.39 Å². The highest BCUT2D eigenvalue weighted by molar-refractivity contribution is 5.29. The number of aryl methyl sites for hydroxylation is 1.